The number of hydrogen-bond donors (Lipinski definition) is 0. The van der Waals surface area contributed by atoms with Crippen molar-refractivity contribution in [1.82, 2.24) is 20.2 Å². The molecule has 1 aliphatic heterocycles. The van der Waals surface area contributed by atoms with Crippen molar-refractivity contribution in [3.8, 4) is 0 Å². The highest BCUT2D eigenvalue weighted by Gasteiger charge is 2.45. The molecular weight excluding hydrogens is 306 g/mol. The van der Waals surface area contributed by atoms with Crippen LogP contribution in [0.25, 0.3) is 12.2 Å². The van der Waals surface area contributed by atoms with Crippen molar-refractivity contribution in [2.75, 3.05) is 18.0 Å². The van der Waals surface area contributed by atoms with Gasteiger partial charge in [-0.15, -0.1) is 10.2 Å². The average Bonchev–Trinajstić information content (AvgIpc) is 3.20. The summed E-state index contributed by atoms with van der Waals surface area (Å²) in [6.07, 6.45) is 8.69. The SMILES string of the molecule is Cc1ccc(/C=C/c2nnc(C3(C)CN(c4cnccn4)C3)o2)o1. The normalized spacial score (nSPS) is 16.5. The number of rotatable bonds is 4. The average molecular weight is 323 g/mol. The van der Waals surface area contributed by atoms with Gasteiger partial charge in [-0.2, -0.15) is 0 Å². The summed E-state index contributed by atoms with van der Waals surface area (Å²) in [7, 11) is 0. The number of hydrogen-bond acceptors (Lipinski definition) is 7. The number of anilines is 1. The summed E-state index contributed by atoms with van der Waals surface area (Å²) in [5.41, 5.74) is -0.169. The van der Waals surface area contributed by atoms with Gasteiger partial charge in [0.25, 0.3) is 0 Å². The zero-order chi connectivity index (χ0) is 16.6. The van der Waals surface area contributed by atoms with Gasteiger partial charge in [0.05, 0.1) is 11.6 Å². The van der Waals surface area contributed by atoms with Gasteiger partial charge >= 0.3 is 0 Å². The molecule has 24 heavy (non-hydrogen) atoms. The van der Waals surface area contributed by atoms with Crippen LogP contribution >= 0.6 is 0 Å². The first-order chi connectivity index (χ1) is 11.6. The molecule has 0 radical (unpaired) electrons. The van der Waals surface area contributed by atoms with Crippen LogP contribution in [0.2, 0.25) is 0 Å². The van der Waals surface area contributed by atoms with Crippen molar-refractivity contribution in [2.24, 2.45) is 0 Å². The molecule has 3 aromatic heterocycles. The predicted octanol–water partition coefficient (Wildman–Crippen LogP) is 2.71. The van der Waals surface area contributed by atoms with Crippen LogP contribution in [-0.2, 0) is 5.41 Å². The summed E-state index contributed by atoms with van der Waals surface area (Å²) < 4.78 is 11.3. The van der Waals surface area contributed by atoms with E-state index in [0.717, 1.165) is 30.4 Å². The van der Waals surface area contributed by atoms with E-state index in [-0.39, 0.29) is 5.41 Å². The largest absolute Gasteiger partial charge is 0.462 e. The third kappa shape index (κ3) is 2.68. The predicted molar refractivity (Wildman–Crippen MR) is 88.3 cm³/mol. The van der Waals surface area contributed by atoms with Gasteiger partial charge in [-0.3, -0.25) is 4.98 Å². The summed E-state index contributed by atoms with van der Waals surface area (Å²) in [6, 6.07) is 3.81. The minimum atomic E-state index is -0.169. The van der Waals surface area contributed by atoms with Gasteiger partial charge in [-0.1, -0.05) is 0 Å². The van der Waals surface area contributed by atoms with Crippen molar-refractivity contribution >= 4 is 18.0 Å². The maximum absolute atomic E-state index is 5.79. The highest BCUT2D eigenvalue weighted by Crippen LogP contribution is 2.35. The van der Waals surface area contributed by atoms with Crippen LogP contribution in [0.4, 0.5) is 5.82 Å². The monoisotopic (exact) mass is 323 g/mol. The molecule has 7 nitrogen and oxygen atoms in total. The van der Waals surface area contributed by atoms with Gasteiger partial charge in [-0.25, -0.2) is 4.98 Å². The second kappa shape index (κ2) is 5.59. The fourth-order valence-electron chi connectivity index (χ4n) is 2.79. The molecule has 3 aromatic rings. The third-order valence-electron chi connectivity index (χ3n) is 4.06. The van der Waals surface area contributed by atoms with Crippen molar-refractivity contribution in [2.45, 2.75) is 19.3 Å². The van der Waals surface area contributed by atoms with E-state index in [9.17, 15) is 0 Å². The standard InChI is InChI=1S/C17H17N5O2/c1-12-3-4-13(23-12)5-6-15-20-21-16(24-15)17(2)10-22(11-17)14-9-18-7-8-19-14/h3-9H,10-11H2,1-2H3/b6-5+. The van der Waals surface area contributed by atoms with Gasteiger partial charge in [0, 0.05) is 31.6 Å². The second-order valence-electron chi connectivity index (χ2n) is 6.21. The fourth-order valence-corrected chi connectivity index (χ4v) is 2.79. The van der Waals surface area contributed by atoms with Crippen LogP contribution in [0.15, 0.2) is 39.6 Å². The van der Waals surface area contributed by atoms with E-state index in [0.29, 0.717) is 11.8 Å². The number of aromatic nitrogens is 4. The molecule has 0 aliphatic carbocycles. The molecule has 0 N–H and O–H groups in total. The number of nitrogens with zero attached hydrogens (tertiary/aromatic N) is 5. The molecule has 1 saturated heterocycles. The Hall–Kier alpha value is -2.96. The summed E-state index contributed by atoms with van der Waals surface area (Å²) in [4.78, 5) is 10.5. The van der Waals surface area contributed by atoms with E-state index in [1.807, 2.05) is 25.1 Å². The lowest BCUT2D eigenvalue weighted by Gasteiger charge is -2.46. The third-order valence-corrected chi connectivity index (χ3v) is 4.06. The first-order valence-electron chi connectivity index (χ1n) is 7.72. The molecule has 1 aliphatic rings. The molecule has 4 rings (SSSR count). The highest BCUT2D eigenvalue weighted by atomic mass is 16.4. The first-order valence-corrected chi connectivity index (χ1v) is 7.72. The van der Waals surface area contributed by atoms with Gasteiger partial charge in [0.1, 0.15) is 17.3 Å². The quantitative estimate of drug-likeness (QED) is 0.730. The van der Waals surface area contributed by atoms with E-state index >= 15 is 0 Å². The van der Waals surface area contributed by atoms with E-state index in [4.69, 9.17) is 8.83 Å². The molecule has 4 heterocycles. The summed E-state index contributed by atoms with van der Waals surface area (Å²) in [6.45, 7) is 5.56. The smallest absolute Gasteiger partial charge is 0.240 e. The maximum atomic E-state index is 5.79. The number of aryl methyl sites for hydroxylation is 1. The first kappa shape index (κ1) is 14.6. The molecule has 0 bridgehead atoms. The Balaban J connectivity index is 1.44. The summed E-state index contributed by atoms with van der Waals surface area (Å²) >= 11 is 0. The van der Waals surface area contributed by atoms with Crippen LogP contribution in [0, 0.1) is 6.92 Å². The highest BCUT2D eigenvalue weighted by molar-refractivity contribution is 5.63. The van der Waals surface area contributed by atoms with Crippen molar-refractivity contribution in [3.05, 3.63) is 54.0 Å². The van der Waals surface area contributed by atoms with E-state index in [1.165, 1.54) is 0 Å². The Morgan fingerprint density at radius 2 is 2.00 bits per heavy atom. The lowest BCUT2D eigenvalue weighted by atomic mass is 9.82. The lowest BCUT2D eigenvalue weighted by Crippen LogP contribution is -2.58. The molecule has 122 valence electrons. The Labute approximate surface area is 139 Å². The number of furan rings is 1. The Morgan fingerprint density at radius 3 is 2.71 bits per heavy atom. The van der Waals surface area contributed by atoms with Crippen LogP contribution in [0.5, 0.6) is 0 Å². The zero-order valence-corrected chi connectivity index (χ0v) is 13.5. The Kier molecular flexibility index (Phi) is 3.41. The van der Waals surface area contributed by atoms with Gasteiger partial charge < -0.3 is 13.7 Å². The van der Waals surface area contributed by atoms with E-state index in [2.05, 4.69) is 32.0 Å². The second-order valence-corrected chi connectivity index (χ2v) is 6.21. The topological polar surface area (TPSA) is 81.1 Å². The minimum Gasteiger partial charge on any atom is -0.462 e. The lowest BCUT2D eigenvalue weighted by molar-refractivity contribution is 0.279. The molecule has 1 fully saturated rings. The molecule has 0 saturated carbocycles. The fraction of sp³-hybridized carbons (Fsp3) is 0.294. The van der Waals surface area contributed by atoms with E-state index in [1.54, 1.807) is 24.7 Å². The van der Waals surface area contributed by atoms with Crippen LogP contribution in [0.3, 0.4) is 0 Å². The molecular formula is C17H17N5O2. The summed E-state index contributed by atoms with van der Waals surface area (Å²) in [5, 5.41) is 8.29. The van der Waals surface area contributed by atoms with Gasteiger partial charge in [0.15, 0.2) is 0 Å². The van der Waals surface area contributed by atoms with Crippen molar-refractivity contribution < 1.29 is 8.83 Å². The minimum absolute atomic E-state index is 0.169. The van der Waals surface area contributed by atoms with Crippen LogP contribution in [-0.4, -0.2) is 33.3 Å². The van der Waals surface area contributed by atoms with Crippen LogP contribution in [0.1, 0.15) is 30.2 Å². The Bertz CT molecular complexity index is 862. The Morgan fingerprint density at radius 1 is 1.12 bits per heavy atom. The maximum Gasteiger partial charge on any atom is 0.240 e. The van der Waals surface area contributed by atoms with Crippen molar-refractivity contribution in [3.63, 3.8) is 0 Å². The van der Waals surface area contributed by atoms with Gasteiger partial charge in [-0.05, 0) is 32.1 Å². The molecule has 0 unspecified atom stereocenters. The molecule has 0 amide bonds. The molecule has 0 aromatic carbocycles. The zero-order valence-electron chi connectivity index (χ0n) is 13.5. The van der Waals surface area contributed by atoms with Crippen molar-refractivity contribution in [1.29, 1.82) is 0 Å². The summed E-state index contributed by atoms with van der Waals surface area (Å²) in [5.74, 6) is 3.60. The van der Waals surface area contributed by atoms with Gasteiger partial charge in [0.2, 0.25) is 11.8 Å². The van der Waals surface area contributed by atoms with E-state index < -0.39 is 0 Å². The van der Waals surface area contributed by atoms with Crippen LogP contribution < -0.4 is 4.90 Å². The molecule has 0 atom stereocenters. The molecule has 0 spiro atoms. The molecule has 7 heteroatoms.